The summed E-state index contributed by atoms with van der Waals surface area (Å²) in [7, 11) is 0. The van der Waals surface area contributed by atoms with Gasteiger partial charge in [-0.15, -0.1) is 5.10 Å². The van der Waals surface area contributed by atoms with Gasteiger partial charge in [0, 0.05) is 17.3 Å². The SMILES string of the molecule is CCc1cc(NC(=O)c2cccc(C#N)c2)nn1-c1ccccc1. The maximum absolute atomic E-state index is 12.4. The lowest BCUT2D eigenvalue weighted by atomic mass is 10.1. The van der Waals surface area contributed by atoms with E-state index in [0.29, 0.717) is 16.9 Å². The van der Waals surface area contributed by atoms with Crippen LogP contribution in [-0.4, -0.2) is 15.7 Å². The molecule has 118 valence electrons. The zero-order valence-electron chi connectivity index (χ0n) is 13.2. The first-order valence-corrected chi connectivity index (χ1v) is 7.67. The second kappa shape index (κ2) is 6.80. The highest BCUT2D eigenvalue weighted by molar-refractivity contribution is 6.04. The Morgan fingerprint density at radius 3 is 2.67 bits per heavy atom. The van der Waals surface area contributed by atoms with Crippen LogP contribution in [0.2, 0.25) is 0 Å². The second-order valence-corrected chi connectivity index (χ2v) is 5.27. The number of amides is 1. The molecule has 0 spiro atoms. The van der Waals surface area contributed by atoms with Gasteiger partial charge in [-0.1, -0.05) is 31.2 Å². The van der Waals surface area contributed by atoms with Crippen molar-refractivity contribution in [3.8, 4) is 11.8 Å². The molecule has 1 N–H and O–H groups in total. The topological polar surface area (TPSA) is 70.7 Å². The van der Waals surface area contributed by atoms with E-state index >= 15 is 0 Å². The predicted octanol–water partition coefficient (Wildman–Crippen LogP) is 3.56. The zero-order valence-corrected chi connectivity index (χ0v) is 13.2. The number of hydrogen-bond acceptors (Lipinski definition) is 3. The van der Waals surface area contributed by atoms with E-state index < -0.39 is 0 Å². The highest BCUT2D eigenvalue weighted by atomic mass is 16.1. The van der Waals surface area contributed by atoms with E-state index in [1.165, 1.54) is 0 Å². The molecule has 0 fully saturated rings. The molecule has 3 rings (SSSR count). The maximum atomic E-state index is 12.4. The Morgan fingerprint density at radius 1 is 1.17 bits per heavy atom. The van der Waals surface area contributed by atoms with Crippen LogP contribution in [0.3, 0.4) is 0 Å². The van der Waals surface area contributed by atoms with Crippen molar-refractivity contribution in [3.05, 3.63) is 77.5 Å². The third-order valence-corrected chi connectivity index (χ3v) is 3.64. The number of rotatable bonds is 4. The fourth-order valence-electron chi connectivity index (χ4n) is 2.44. The number of nitrogens with one attached hydrogen (secondary N) is 1. The van der Waals surface area contributed by atoms with Gasteiger partial charge in [0.25, 0.3) is 5.91 Å². The number of aryl methyl sites for hydroxylation is 1. The Bertz CT molecular complexity index is 907. The molecule has 0 saturated carbocycles. The normalized spacial score (nSPS) is 10.2. The van der Waals surface area contributed by atoms with Crippen molar-refractivity contribution >= 4 is 11.7 Å². The quantitative estimate of drug-likeness (QED) is 0.800. The molecule has 0 bridgehead atoms. The van der Waals surface area contributed by atoms with Gasteiger partial charge in [-0.3, -0.25) is 4.79 Å². The lowest BCUT2D eigenvalue weighted by Gasteiger charge is -2.05. The Hall–Kier alpha value is -3.39. The molecule has 2 aromatic carbocycles. The molecule has 0 radical (unpaired) electrons. The number of nitriles is 1. The highest BCUT2D eigenvalue weighted by Gasteiger charge is 2.12. The number of carbonyl (C=O) groups excluding carboxylic acids is 1. The van der Waals surface area contributed by atoms with Gasteiger partial charge in [0.2, 0.25) is 0 Å². The summed E-state index contributed by atoms with van der Waals surface area (Å²) < 4.78 is 1.82. The van der Waals surface area contributed by atoms with Crippen LogP contribution in [0.15, 0.2) is 60.7 Å². The molecule has 1 amide bonds. The molecule has 24 heavy (non-hydrogen) atoms. The van der Waals surface area contributed by atoms with E-state index in [1.54, 1.807) is 24.3 Å². The molecule has 0 saturated heterocycles. The number of aromatic nitrogens is 2. The lowest BCUT2D eigenvalue weighted by molar-refractivity contribution is 0.102. The molecule has 0 aliphatic carbocycles. The van der Waals surface area contributed by atoms with Crippen LogP contribution < -0.4 is 5.32 Å². The van der Waals surface area contributed by atoms with Gasteiger partial charge < -0.3 is 5.32 Å². The van der Waals surface area contributed by atoms with Crippen LogP contribution >= 0.6 is 0 Å². The molecule has 0 aliphatic heterocycles. The molecule has 5 nitrogen and oxygen atoms in total. The van der Waals surface area contributed by atoms with Crippen LogP contribution in [0.4, 0.5) is 5.82 Å². The smallest absolute Gasteiger partial charge is 0.256 e. The van der Waals surface area contributed by atoms with E-state index in [0.717, 1.165) is 17.8 Å². The third kappa shape index (κ3) is 3.18. The first-order chi connectivity index (χ1) is 11.7. The van der Waals surface area contributed by atoms with Crippen molar-refractivity contribution in [1.82, 2.24) is 9.78 Å². The summed E-state index contributed by atoms with van der Waals surface area (Å²) in [6.07, 6.45) is 0.793. The van der Waals surface area contributed by atoms with E-state index in [4.69, 9.17) is 5.26 Å². The summed E-state index contributed by atoms with van der Waals surface area (Å²) in [6, 6.07) is 20.2. The Balaban J connectivity index is 1.87. The second-order valence-electron chi connectivity index (χ2n) is 5.27. The first-order valence-electron chi connectivity index (χ1n) is 7.67. The summed E-state index contributed by atoms with van der Waals surface area (Å²) in [5.41, 5.74) is 2.83. The van der Waals surface area contributed by atoms with Gasteiger partial charge in [0.05, 0.1) is 17.3 Å². The van der Waals surface area contributed by atoms with Crippen molar-refractivity contribution in [2.75, 3.05) is 5.32 Å². The average Bonchev–Trinajstić information content (AvgIpc) is 3.05. The van der Waals surface area contributed by atoms with Crippen molar-refractivity contribution < 1.29 is 4.79 Å². The molecule has 0 unspecified atom stereocenters. The number of hydrogen-bond donors (Lipinski definition) is 1. The minimum atomic E-state index is -0.285. The van der Waals surface area contributed by atoms with Crippen LogP contribution in [0.5, 0.6) is 0 Å². The summed E-state index contributed by atoms with van der Waals surface area (Å²) >= 11 is 0. The van der Waals surface area contributed by atoms with E-state index in [2.05, 4.69) is 10.4 Å². The largest absolute Gasteiger partial charge is 0.305 e. The summed E-state index contributed by atoms with van der Waals surface area (Å²) in [6.45, 7) is 2.04. The molecule has 3 aromatic rings. The summed E-state index contributed by atoms with van der Waals surface area (Å²) in [4.78, 5) is 12.4. The van der Waals surface area contributed by atoms with E-state index in [-0.39, 0.29) is 5.91 Å². The van der Waals surface area contributed by atoms with Crippen molar-refractivity contribution in [3.63, 3.8) is 0 Å². The Kier molecular flexibility index (Phi) is 4.39. The van der Waals surface area contributed by atoms with Gasteiger partial charge >= 0.3 is 0 Å². The average molecular weight is 316 g/mol. The van der Waals surface area contributed by atoms with Crippen LogP contribution in [0.25, 0.3) is 5.69 Å². The maximum Gasteiger partial charge on any atom is 0.256 e. The van der Waals surface area contributed by atoms with Crippen LogP contribution in [-0.2, 0) is 6.42 Å². The lowest BCUT2D eigenvalue weighted by Crippen LogP contribution is -2.12. The molecule has 1 aromatic heterocycles. The Labute approximate surface area is 140 Å². The number of para-hydroxylation sites is 1. The zero-order chi connectivity index (χ0) is 16.9. The van der Waals surface area contributed by atoms with Crippen molar-refractivity contribution in [2.24, 2.45) is 0 Å². The highest BCUT2D eigenvalue weighted by Crippen LogP contribution is 2.17. The summed E-state index contributed by atoms with van der Waals surface area (Å²) in [5.74, 6) is 0.204. The third-order valence-electron chi connectivity index (χ3n) is 3.64. The molecular formula is C19H16N4O. The Morgan fingerprint density at radius 2 is 1.96 bits per heavy atom. The van der Waals surface area contributed by atoms with Gasteiger partial charge in [-0.25, -0.2) is 4.68 Å². The minimum absolute atomic E-state index is 0.285. The van der Waals surface area contributed by atoms with Gasteiger partial charge in [0.1, 0.15) is 0 Å². The summed E-state index contributed by atoms with van der Waals surface area (Å²) in [5, 5.41) is 16.2. The molecule has 0 aliphatic rings. The fraction of sp³-hybridized carbons (Fsp3) is 0.105. The number of carbonyl (C=O) groups is 1. The van der Waals surface area contributed by atoms with Crippen LogP contribution in [0, 0.1) is 11.3 Å². The molecule has 5 heteroatoms. The first kappa shape index (κ1) is 15.5. The molecule has 0 atom stereocenters. The van der Waals surface area contributed by atoms with E-state index in [9.17, 15) is 4.79 Å². The number of nitrogens with zero attached hydrogens (tertiary/aromatic N) is 3. The van der Waals surface area contributed by atoms with Gasteiger partial charge in [-0.2, -0.15) is 5.26 Å². The van der Waals surface area contributed by atoms with Crippen molar-refractivity contribution in [2.45, 2.75) is 13.3 Å². The number of anilines is 1. The standard InChI is InChI=1S/C19H16N4O/c1-2-16-12-18(22-23(16)17-9-4-3-5-10-17)21-19(24)15-8-6-7-14(11-15)13-20/h3-12H,2H2,1H3,(H,21,22,24). The van der Waals surface area contributed by atoms with Gasteiger partial charge in [0.15, 0.2) is 5.82 Å². The molecule has 1 heterocycles. The van der Waals surface area contributed by atoms with E-state index in [1.807, 2.05) is 54.1 Å². The monoisotopic (exact) mass is 316 g/mol. The molecular weight excluding hydrogens is 300 g/mol. The number of benzene rings is 2. The minimum Gasteiger partial charge on any atom is -0.305 e. The fourth-order valence-corrected chi connectivity index (χ4v) is 2.44. The van der Waals surface area contributed by atoms with Crippen LogP contribution in [0.1, 0.15) is 28.5 Å². The predicted molar refractivity (Wildman–Crippen MR) is 92.1 cm³/mol. The van der Waals surface area contributed by atoms with Crippen molar-refractivity contribution in [1.29, 1.82) is 5.26 Å². The van der Waals surface area contributed by atoms with Gasteiger partial charge in [-0.05, 0) is 36.8 Å².